The highest BCUT2D eigenvalue weighted by molar-refractivity contribution is 7.98. The van der Waals surface area contributed by atoms with E-state index in [4.69, 9.17) is 0 Å². The van der Waals surface area contributed by atoms with E-state index in [1.165, 1.54) is 4.31 Å². The molecule has 0 aliphatic carbocycles. The van der Waals surface area contributed by atoms with Gasteiger partial charge < -0.3 is 10.3 Å². The number of hydrogen-bond donors (Lipinski definition) is 2. The summed E-state index contributed by atoms with van der Waals surface area (Å²) >= 11 is 1.70. The minimum atomic E-state index is -3.77. The summed E-state index contributed by atoms with van der Waals surface area (Å²) in [6.07, 6.45) is 4.79. The van der Waals surface area contributed by atoms with Crippen LogP contribution in [0, 0.1) is 6.92 Å². The number of carbonyl (C=O) groups is 1. The standard InChI is InChI=1S/C24H30N4O3S2/c1-17-10-12-18(13-11-17)33(30,31)28-15-6-5-9-22(28)24(29)27-21(14-16-32-2)23-25-19-7-3-4-8-20(19)26-23/h3-4,7-8,10-13,21-22H,5-6,9,14-16H2,1-2H3,(H,25,26)(H,27,29)/t21-,22+/m1/s1. The van der Waals surface area contributed by atoms with Gasteiger partial charge in [-0.1, -0.05) is 36.2 Å². The van der Waals surface area contributed by atoms with Crippen LogP contribution in [0.25, 0.3) is 11.0 Å². The third-order valence-corrected chi connectivity index (χ3v) is 8.62. The lowest BCUT2D eigenvalue weighted by Crippen LogP contribution is -2.52. The molecular weight excluding hydrogens is 456 g/mol. The topological polar surface area (TPSA) is 95.2 Å². The molecule has 4 rings (SSSR count). The first-order chi connectivity index (χ1) is 15.9. The molecule has 33 heavy (non-hydrogen) atoms. The van der Waals surface area contributed by atoms with Crippen molar-refractivity contribution in [3.63, 3.8) is 0 Å². The number of carbonyl (C=O) groups excluding carboxylic acids is 1. The fourth-order valence-corrected chi connectivity index (χ4v) is 6.35. The zero-order chi connectivity index (χ0) is 23.4. The van der Waals surface area contributed by atoms with Crippen molar-refractivity contribution < 1.29 is 13.2 Å². The molecule has 1 aliphatic rings. The number of fused-ring (bicyclic) bond motifs is 1. The Hall–Kier alpha value is -2.36. The first-order valence-electron chi connectivity index (χ1n) is 11.2. The summed E-state index contributed by atoms with van der Waals surface area (Å²) in [6, 6.07) is 13.5. The van der Waals surface area contributed by atoms with Gasteiger partial charge in [0.1, 0.15) is 11.9 Å². The molecule has 3 aromatic rings. The van der Waals surface area contributed by atoms with Crippen molar-refractivity contribution in [2.45, 2.75) is 49.6 Å². The number of aromatic nitrogens is 2. The van der Waals surface area contributed by atoms with E-state index in [-0.39, 0.29) is 16.8 Å². The highest BCUT2D eigenvalue weighted by Crippen LogP contribution is 2.27. The molecule has 0 spiro atoms. The van der Waals surface area contributed by atoms with E-state index in [1.54, 1.807) is 36.0 Å². The van der Waals surface area contributed by atoms with Crippen molar-refractivity contribution in [1.29, 1.82) is 0 Å². The molecule has 1 fully saturated rings. The number of para-hydroxylation sites is 2. The number of benzene rings is 2. The number of hydrogen-bond acceptors (Lipinski definition) is 5. The Balaban J connectivity index is 1.58. The van der Waals surface area contributed by atoms with Gasteiger partial charge in [-0.15, -0.1) is 0 Å². The van der Waals surface area contributed by atoms with E-state index in [0.29, 0.717) is 25.2 Å². The molecule has 0 bridgehead atoms. The van der Waals surface area contributed by atoms with E-state index in [1.807, 2.05) is 37.4 Å². The van der Waals surface area contributed by atoms with E-state index < -0.39 is 16.1 Å². The fourth-order valence-electron chi connectivity index (χ4n) is 4.22. The lowest BCUT2D eigenvalue weighted by Gasteiger charge is -2.34. The molecule has 2 heterocycles. The van der Waals surface area contributed by atoms with E-state index in [0.717, 1.165) is 35.2 Å². The van der Waals surface area contributed by atoms with Crippen molar-refractivity contribution in [3.05, 3.63) is 59.9 Å². The minimum absolute atomic E-state index is 0.226. The fraction of sp³-hybridized carbons (Fsp3) is 0.417. The zero-order valence-electron chi connectivity index (χ0n) is 19.0. The maximum absolute atomic E-state index is 13.4. The number of nitrogens with one attached hydrogen (secondary N) is 2. The summed E-state index contributed by atoms with van der Waals surface area (Å²) in [5.41, 5.74) is 2.75. The molecule has 1 amide bonds. The van der Waals surface area contributed by atoms with Crippen molar-refractivity contribution in [1.82, 2.24) is 19.6 Å². The number of aryl methyl sites for hydroxylation is 1. The van der Waals surface area contributed by atoms with Gasteiger partial charge in [-0.25, -0.2) is 13.4 Å². The molecule has 0 unspecified atom stereocenters. The summed E-state index contributed by atoms with van der Waals surface area (Å²) in [6.45, 7) is 2.26. The van der Waals surface area contributed by atoms with Crippen LogP contribution in [0.2, 0.25) is 0 Å². The number of amides is 1. The van der Waals surface area contributed by atoms with Gasteiger partial charge in [0, 0.05) is 6.54 Å². The molecular formula is C24H30N4O3S2. The van der Waals surface area contributed by atoms with Gasteiger partial charge >= 0.3 is 0 Å². The molecule has 0 radical (unpaired) electrons. The van der Waals surface area contributed by atoms with Gasteiger partial charge in [0.2, 0.25) is 15.9 Å². The first kappa shape index (κ1) is 23.8. The smallest absolute Gasteiger partial charge is 0.243 e. The lowest BCUT2D eigenvalue weighted by molar-refractivity contribution is -0.126. The summed E-state index contributed by atoms with van der Waals surface area (Å²) in [7, 11) is -3.77. The number of rotatable bonds is 8. The van der Waals surface area contributed by atoms with Crippen LogP contribution in [0.5, 0.6) is 0 Å². The van der Waals surface area contributed by atoms with Gasteiger partial charge in [-0.05, 0) is 62.5 Å². The molecule has 1 saturated heterocycles. The van der Waals surface area contributed by atoms with Crippen molar-refractivity contribution >= 4 is 38.7 Å². The average molecular weight is 487 g/mol. The molecule has 2 atom stereocenters. The van der Waals surface area contributed by atoms with Gasteiger partial charge in [-0.2, -0.15) is 16.1 Å². The lowest BCUT2D eigenvalue weighted by atomic mass is 10.0. The Morgan fingerprint density at radius 2 is 1.97 bits per heavy atom. The number of aromatic amines is 1. The van der Waals surface area contributed by atoms with Crippen molar-refractivity contribution in [2.75, 3.05) is 18.6 Å². The van der Waals surface area contributed by atoms with Crippen molar-refractivity contribution in [3.8, 4) is 0 Å². The molecule has 1 aliphatic heterocycles. The van der Waals surface area contributed by atoms with Crippen LogP contribution in [-0.2, 0) is 14.8 Å². The predicted octanol–water partition coefficient (Wildman–Crippen LogP) is 4.03. The first-order valence-corrected chi connectivity index (χ1v) is 14.1. The van der Waals surface area contributed by atoms with E-state index in [2.05, 4.69) is 15.3 Å². The average Bonchev–Trinajstić information content (AvgIpc) is 3.26. The summed E-state index contributed by atoms with van der Waals surface area (Å²) in [4.78, 5) is 21.7. The second-order valence-corrected chi connectivity index (χ2v) is 11.3. The molecule has 0 saturated carbocycles. The second kappa shape index (κ2) is 10.3. The third kappa shape index (κ3) is 5.26. The number of thioether (sulfide) groups is 1. The van der Waals surface area contributed by atoms with Gasteiger partial charge in [0.25, 0.3) is 0 Å². The summed E-state index contributed by atoms with van der Waals surface area (Å²) < 4.78 is 28.1. The number of nitrogens with zero attached hydrogens (tertiary/aromatic N) is 2. The molecule has 1 aromatic heterocycles. The molecule has 176 valence electrons. The Morgan fingerprint density at radius 3 is 2.70 bits per heavy atom. The third-order valence-electron chi connectivity index (χ3n) is 6.05. The zero-order valence-corrected chi connectivity index (χ0v) is 20.6. The van der Waals surface area contributed by atoms with Crippen LogP contribution in [0.1, 0.15) is 43.1 Å². The van der Waals surface area contributed by atoms with Gasteiger partial charge in [-0.3, -0.25) is 4.79 Å². The number of imidazole rings is 1. The van der Waals surface area contributed by atoms with Crippen LogP contribution in [-0.4, -0.2) is 53.2 Å². The Morgan fingerprint density at radius 1 is 1.21 bits per heavy atom. The van der Waals surface area contributed by atoms with Gasteiger partial charge in [0.15, 0.2) is 0 Å². The Kier molecular flexibility index (Phi) is 7.41. The summed E-state index contributed by atoms with van der Waals surface area (Å²) in [5.74, 6) is 1.28. The normalized spacial score (nSPS) is 18.3. The quantitative estimate of drug-likeness (QED) is 0.501. The van der Waals surface area contributed by atoms with Crippen LogP contribution in [0.4, 0.5) is 0 Å². The highest BCUT2D eigenvalue weighted by Gasteiger charge is 2.38. The predicted molar refractivity (Wildman–Crippen MR) is 133 cm³/mol. The maximum atomic E-state index is 13.4. The Bertz CT molecular complexity index is 1170. The molecule has 9 heteroatoms. The van der Waals surface area contributed by atoms with Gasteiger partial charge in [0.05, 0.1) is 22.0 Å². The van der Waals surface area contributed by atoms with Crippen LogP contribution >= 0.6 is 11.8 Å². The van der Waals surface area contributed by atoms with Crippen LogP contribution in [0.15, 0.2) is 53.4 Å². The number of H-pyrrole nitrogens is 1. The second-order valence-electron chi connectivity index (χ2n) is 8.42. The summed E-state index contributed by atoms with van der Waals surface area (Å²) in [5, 5.41) is 3.11. The SMILES string of the molecule is CSCC[C@@H](NC(=O)[C@@H]1CCCCN1S(=O)(=O)c1ccc(C)cc1)c1nc2ccccc2[nH]1. The van der Waals surface area contributed by atoms with E-state index >= 15 is 0 Å². The monoisotopic (exact) mass is 486 g/mol. The maximum Gasteiger partial charge on any atom is 0.243 e. The molecule has 2 N–H and O–H groups in total. The van der Waals surface area contributed by atoms with Crippen LogP contribution < -0.4 is 5.32 Å². The van der Waals surface area contributed by atoms with E-state index in [9.17, 15) is 13.2 Å². The highest BCUT2D eigenvalue weighted by atomic mass is 32.2. The minimum Gasteiger partial charge on any atom is -0.345 e. The number of sulfonamides is 1. The number of piperidine rings is 1. The largest absolute Gasteiger partial charge is 0.345 e. The van der Waals surface area contributed by atoms with Crippen LogP contribution in [0.3, 0.4) is 0 Å². The molecule has 2 aromatic carbocycles. The van der Waals surface area contributed by atoms with Crippen molar-refractivity contribution in [2.24, 2.45) is 0 Å². The Labute approximate surface area is 199 Å². The molecule has 7 nitrogen and oxygen atoms in total.